The summed E-state index contributed by atoms with van der Waals surface area (Å²) in [5.74, 6) is 0.574. The van der Waals surface area contributed by atoms with Crippen molar-refractivity contribution < 1.29 is 4.74 Å². The van der Waals surface area contributed by atoms with Gasteiger partial charge in [0.05, 0.1) is 5.69 Å². The minimum Gasteiger partial charge on any atom is -0.381 e. The molecule has 1 aromatic carbocycles. The Morgan fingerprint density at radius 1 is 1.13 bits per heavy atom. The van der Waals surface area contributed by atoms with Crippen molar-refractivity contribution in [2.75, 3.05) is 18.5 Å². The molecule has 0 unspecified atom stereocenters. The Hall–Kier alpha value is -3.45. The molecule has 3 aromatic heterocycles. The number of aromatic amines is 2. The Morgan fingerprint density at radius 3 is 2.87 bits per heavy atom. The van der Waals surface area contributed by atoms with E-state index in [9.17, 15) is 4.79 Å². The molecule has 3 N–H and O–H groups in total. The Balaban J connectivity index is 1.59. The molecule has 1 saturated heterocycles. The summed E-state index contributed by atoms with van der Waals surface area (Å²) in [4.78, 5) is 27.7. The highest BCUT2D eigenvalue weighted by Crippen LogP contribution is 2.33. The van der Waals surface area contributed by atoms with E-state index in [4.69, 9.17) is 9.72 Å². The molecule has 152 valence electrons. The number of nitrogens with one attached hydrogen (secondary N) is 3. The van der Waals surface area contributed by atoms with Crippen LogP contribution in [0.25, 0.3) is 33.3 Å². The minimum atomic E-state index is -0.118. The van der Waals surface area contributed by atoms with E-state index in [1.165, 1.54) is 0 Å². The SMILES string of the molecule is Cc1c(-c2ccnc(NC3CCOCC3)n2)c(-c2ccc3cc[nH]c3c2)c[nH]c1=O. The largest absolute Gasteiger partial charge is 0.381 e. The molecular weight excluding hydrogens is 378 g/mol. The van der Waals surface area contributed by atoms with Crippen molar-refractivity contribution in [3.05, 3.63) is 64.8 Å². The molecule has 1 fully saturated rings. The zero-order valence-corrected chi connectivity index (χ0v) is 16.7. The van der Waals surface area contributed by atoms with Gasteiger partial charge in [-0.15, -0.1) is 0 Å². The number of fused-ring (bicyclic) bond motifs is 1. The summed E-state index contributed by atoms with van der Waals surface area (Å²) in [5.41, 5.74) is 5.05. The maximum absolute atomic E-state index is 12.4. The number of rotatable bonds is 4. The molecule has 0 spiro atoms. The molecule has 7 heteroatoms. The number of hydrogen-bond donors (Lipinski definition) is 3. The summed E-state index contributed by atoms with van der Waals surface area (Å²) >= 11 is 0. The summed E-state index contributed by atoms with van der Waals surface area (Å²) in [6, 6.07) is 10.4. The van der Waals surface area contributed by atoms with Gasteiger partial charge in [0.1, 0.15) is 0 Å². The summed E-state index contributed by atoms with van der Waals surface area (Å²) in [7, 11) is 0. The van der Waals surface area contributed by atoms with Crippen LogP contribution >= 0.6 is 0 Å². The molecule has 4 aromatic rings. The van der Waals surface area contributed by atoms with Crippen molar-refractivity contribution in [2.24, 2.45) is 0 Å². The number of ether oxygens (including phenoxy) is 1. The second-order valence-corrected chi connectivity index (χ2v) is 7.61. The molecular formula is C23H23N5O2. The zero-order chi connectivity index (χ0) is 20.5. The average molecular weight is 401 g/mol. The van der Waals surface area contributed by atoms with E-state index in [1.54, 1.807) is 12.4 Å². The second-order valence-electron chi connectivity index (χ2n) is 7.61. The first-order chi connectivity index (χ1) is 14.7. The molecule has 1 aliphatic rings. The van der Waals surface area contributed by atoms with Crippen LogP contribution < -0.4 is 10.9 Å². The van der Waals surface area contributed by atoms with Crippen LogP contribution in [0.15, 0.2) is 53.7 Å². The predicted octanol–water partition coefficient (Wildman–Crippen LogP) is 3.88. The second kappa shape index (κ2) is 7.76. The van der Waals surface area contributed by atoms with E-state index in [2.05, 4.69) is 38.5 Å². The van der Waals surface area contributed by atoms with Gasteiger partial charge in [-0.3, -0.25) is 4.79 Å². The fourth-order valence-electron chi connectivity index (χ4n) is 4.00. The minimum absolute atomic E-state index is 0.118. The molecule has 7 nitrogen and oxygen atoms in total. The Morgan fingerprint density at radius 2 is 2.00 bits per heavy atom. The predicted molar refractivity (Wildman–Crippen MR) is 118 cm³/mol. The maximum atomic E-state index is 12.4. The van der Waals surface area contributed by atoms with Crippen molar-refractivity contribution in [3.8, 4) is 22.4 Å². The lowest BCUT2D eigenvalue weighted by atomic mass is 9.95. The van der Waals surface area contributed by atoms with Gasteiger partial charge in [0.25, 0.3) is 5.56 Å². The molecule has 0 amide bonds. The Bertz CT molecular complexity index is 1250. The van der Waals surface area contributed by atoms with Crippen LogP contribution in [0.3, 0.4) is 0 Å². The van der Waals surface area contributed by atoms with Crippen LogP contribution in [0, 0.1) is 6.92 Å². The highest BCUT2D eigenvalue weighted by atomic mass is 16.5. The fraction of sp³-hybridized carbons (Fsp3) is 0.261. The molecule has 0 bridgehead atoms. The smallest absolute Gasteiger partial charge is 0.251 e. The molecule has 0 atom stereocenters. The number of anilines is 1. The number of nitrogens with zero attached hydrogens (tertiary/aromatic N) is 2. The summed E-state index contributed by atoms with van der Waals surface area (Å²) in [6.07, 6.45) is 7.29. The molecule has 1 aliphatic heterocycles. The third kappa shape index (κ3) is 3.48. The summed E-state index contributed by atoms with van der Waals surface area (Å²) in [5, 5.41) is 4.56. The third-order valence-electron chi connectivity index (χ3n) is 5.66. The standard InChI is InChI=1S/C23H23N5O2/c1-14-21(19-5-9-25-23(28-19)27-17-6-10-30-11-7-17)18(13-26-22(14)29)16-3-2-15-4-8-24-20(15)12-16/h2-5,8-9,12-13,17,24H,6-7,10-11H2,1H3,(H,26,29)(H,25,27,28). The highest BCUT2D eigenvalue weighted by molar-refractivity contribution is 5.89. The van der Waals surface area contributed by atoms with Crippen molar-refractivity contribution in [1.82, 2.24) is 19.9 Å². The van der Waals surface area contributed by atoms with E-state index in [-0.39, 0.29) is 5.56 Å². The number of benzene rings is 1. The Labute approximate surface area is 173 Å². The van der Waals surface area contributed by atoms with E-state index >= 15 is 0 Å². The maximum Gasteiger partial charge on any atom is 0.251 e. The first-order valence-electron chi connectivity index (χ1n) is 10.2. The lowest BCUT2D eigenvalue weighted by molar-refractivity contribution is 0.0903. The van der Waals surface area contributed by atoms with Gasteiger partial charge in [-0.2, -0.15) is 0 Å². The van der Waals surface area contributed by atoms with Gasteiger partial charge in [0.15, 0.2) is 0 Å². The van der Waals surface area contributed by atoms with Crippen LogP contribution in [0.5, 0.6) is 0 Å². The molecule has 0 aliphatic carbocycles. The first-order valence-corrected chi connectivity index (χ1v) is 10.2. The van der Waals surface area contributed by atoms with Gasteiger partial charge < -0.3 is 20.0 Å². The lowest BCUT2D eigenvalue weighted by Gasteiger charge is -2.23. The zero-order valence-electron chi connectivity index (χ0n) is 16.7. The van der Waals surface area contributed by atoms with Crippen LogP contribution in [0.2, 0.25) is 0 Å². The third-order valence-corrected chi connectivity index (χ3v) is 5.66. The van der Waals surface area contributed by atoms with Gasteiger partial charge in [0, 0.05) is 60.1 Å². The van der Waals surface area contributed by atoms with Gasteiger partial charge in [-0.25, -0.2) is 9.97 Å². The first kappa shape index (κ1) is 18.6. The topological polar surface area (TPSA) is 95.7 Å². The van der Waals surface area contributed by atoms with Gasteiger partial charge >= 0.3 is 0 Å². The van der Waals surface area contributed by atoms with Crippen LogP contribution in [0.4, 0.5) is 5.95 Å². The van der Waals surface area contributed by atoms with Crippen LogP contribution in [-0.2, 0) is 4.74 Å². The van der Waals surface area contributed by atoms with E-state index in [0.29, 0.717) is 17.6 Å². The molecule has 0 saturated carbocycles. The summed E-state index contributed by atoms with van der Waals surface area (Å²) < 4.78 is 5.43. The number of pyridine rings is 1. The van der Waals surface area contributed by atoms with Gasteiger partial charge in [-0.1, -0.05) is 12.1 Å². The number of H-pyrrole nitrogens is 2. The lowest BCUT2D eigenvalue weighted by Crippen LogP contribution is -2.28. The van der Waals surface area contributed by atoms with Crippen LogP contribution in [-0.4, -0.2) is 39.2 Å². The Kier molecular flexibility index (Phi) is 4.80. The quantitative estimate of drug-likeness (QED) is 0.482. The van der Waals surface area contributed by atoms with Crippen LogP contribution in [0.1, 0.15) is 18.4 Å². The van der Waals surface area contributed by atoms with Gasteiger partial charge in [-0.05, 0) is 48.9 Å². The summed E-state index contributed by atoms with van der Waals surface area (Å²) in [6.45, 7) is 3.32. The van der Waals surface area contributed by atoms with E-state index < -0.39 is 0 Å². The highest BCUT2D eigenvalue weighted by Gasteiger charge is 2.18. The van der Waals surface area contributed by atoms with Crippen molar-refractivity contribution in [1.29, 1.82) is 0 Å². The van der Waals surface area contributed by atoms with Crippen molar-refractivity contribution in [3.63, 3.8) is 0 Å². The molecule has 4 heterocycles. The fourth-order valence-corrected chi connectivity index (χ4v) is 4.00. The molecule has 30 heavy (non-hydrogen) atoms. The van der Waals surface area contributed by atoms with Crippen molar-refractivity contribution in [2.45, 2.75) is 25.8 Å². The monoisotopic (exact) mass is 401 g/mol. The van der Waals surface area contributed by atoms with Gasteiger partial charge in [0.2, 0.25) is 5.95 Å². The van der Waals surface area contributed by atoms with Crippen molar-refractivity contribution >= 4 is 16.9 Å². The van der Waals surface area contributed by atoms with E-state index in [0.717, 1.165) is 59.3 Å². The molecule has 0 radical (unpaired) electrons. The number of hydrogen-bond acceptors (Lipinski definition) is 5. The normalized spacial score (nSPS) is 14.8. The molecule has 5 rings (SSSR count). The van der Waals surface area contributed by atoms with E-state index in [1.807, 2.05) is 25.3 Å². The average Bonchev–Trinajstić information content (AvgIpc) is 3.24. The number of aromatic nitrogens is 4.